The highest BCUT2D eigenvalue weighted by molar-refractivity contribution is 5.56. The third-order valence-electron chi connectivity index (χ3n) is 2.59. The fourth-order valence-electron chi connectivity index (χ4n) is 1.69. The molecule has 0 aliphatic carbocycles. The highest BCUT2D eigenvalue weighted by atomic mass is 16.5. The average molecular weight is 251 g/mol. The molecule has 0 amide bonds. The first kappa shape index (κ1) is 11.2. The van der Waals surface area contributed by atoms with Gasteiger partial charge in [0.2, 0.25) is 5.82 Å². The van der Waals surface area contributed by atoms with Crippen molar-refractivity contribution in [3.63, 3.8) is 0 Å². The molecule has 0 bridgehead atoms. The Morgan fingerprint density at radius 2 is 2.21 bits per heavy atom. The number of nitrogens with one attached hydrogen (secondary N) is 1. The van der Waals surface area contributed by atoms with E-state index >= 15 is 0 Å². The van der Waals surface area contributed by atoms with Gasteiger partial charge in [0, 0.05) is 11.9 Å². The molecule has 6 heteroatoms. The quantitative estimate of drug-likeness (QED) is 0.754. The Balaban J connectivity index is 1.97. The third-order valence-corrected chi connectivity index (χ3v) is 2.59. The Morgan fingerprint density at radius 3 is 2.95 bits per heavy atom. The van der Waals surface area contributed by atoms with Crippen molar-refractivity contribution in [1.82, 2.24) is 20.1 Å². The molecule has 3 aromatic rings. The van der Waals surface area contributed by atoms with E-state index in [0.29, 0.717) is 28.7 Å². The average Bonchev–Trinajstić information content (AvgIpc) is 3.07. The van der Waals surface area contributed by atoms with E-state index in [0.717, 1.165) is 5.69 Å². The van der Waals surface area contributed by atoms with E-state index < -0.39 is 0 Å². The lowest BCUT2D eigenvalue weighted by atomic mass is 10.3. The topological polar surface area (TPSA) is 91.4 Å². The van der Waals surface area contributed by atoms with Gasteiger partial charge in [0.15, 0.2) is 0 Å². The van der Waals surface area contributed by atoms with Crippen molar-refractivity contribution in [3.05, 3.63) is 41.7 Å². The van der Waals surface area contributed by atoms with Crippen molar-refractivity contribution in [2.24, 2.45) is 0 Å². The van der Waals surface area contributed by atoms with Crippen LogP contribution in [-0.4, -0.2) is 20.1 Å². The molecule has 0 atom stereocenters. The molecular weight excluding hydrogens is 242 g/mol. The molecule has 0 fully saturated rings. The van der Waals surface area contributed by atoms with Crippen LogP contribution in [0.15, 0.2) is 35.0 Å². The summed E-state index contributed by atoms with van der Waals surface area (Å²) in [5.41, 5.74) is 2.67. The zero-order chi connectivity index (χ0) is 13.2. The Bertz CT molecular complexity index is 765. The molecule has 0 spiro atoms. The van der Waals surface area contributed by atoms with Crippen molar-refractivity contribution in [2.45, 2.75) is 6.92 Å². The Morgan fingerprint density at radius 1 is 1.32 bits per heavy atom. The number of aromatic nitrogens is 4. The zero-order valence-corrected chi connectivity index (χ0v) is 10.1. The van der Waals surface area contributed by atoms with E-state index in [1.54, 1.807) is 12.3 Å². The number of hydrogen-bond acceptors (Lipinski definition) is 5. The van der Waals surface area contributed by atoms with Gasteiger partial charge in [-0.05, 0) is 25.1 Å². The summed E-state index contributed by atoms with van der Waals surface area (Å²) >= 11 is 0. The zero-order valence-electron chi connectivity index (χ0n) is 10.1. The molecule has 3 aromatic heterocycles. The standard InChI is InChI=1S/C13H9N5O/c1-8-3-2-4-10(16-8)12-17-13(19-18-12)11-5-9(6-14)7-15-11/h2-5,7,15H,1H3. The second-order valence-corrected chi connectivity index (χ2v) is 4.00. The summed E-state index contributed by atoms with van der Waals surface area (Å²) in [6.07, 6.45) is 1.59. The van der Waals surface area contributed by atoms with Crippen molar-refractivity contribution in [1.29, 1.82) is 5.26 Å². The van der Waals surface area contributed by atoms with Gasteiger partial charge >= 0.3 is 0 Å². The van der Waals surface area contributed by atoms with Crippen molar-refractivity contribution in [3.8, 4) is 29.2 Å². The molecule has 0 saturated heterocycles. The lowest BCUT2D eigenvalue weighted by Gasteiger charge is -1.94. The molecule has 0 aromatic carbocycles. The van der Waals surface area contributed by atoms with Crippen LogP contribution in [0, 0.1) is 18.3 Å². The van der Waals surface area contributed by atoms with Gasteiger partial charge in [0.25, 0.3) is 5.89 Å². The first-order valence-corrected chi connectivity index (χ1v) is 5.63. The largest absolute Gasteiger partial charge is 0.356 e. The van der Waals surface area contributed by atoms with Gasteiger partial charge in [0.05, 0.1) is 5.56 Å². The lowest BCUT2D eigenvalue weighted by Crippen LogP contribution is -1.87. The molecule has 0 aliphatic heterocycles. The highest BCUT2D eigenvalue weighted by Gasteiger charge is 2.13. The molecule has 92 valence electrons. The SMILES string of the molecule is Cc1cccc(-c2noc(-c3cc(C#N)c[nH]3)n2)n1. The van der Waals surface area contributed by atoms with Gasteiger partial charge < -0.3 is 9.51 Å². The van der Waals surface area contributed by atoms with Crippen LogP contribution in [0.3, 0.4) is 0 Å². The number of pyridine rings is 1. The number of nitrogens with zero attached hydrogens (tertiary/aromatic N) is 4. The molecule has 6 nitrogen and oxygen atoms in total. The number of aromatic amines is 1. The van der Waals surface area contributed by atoms with Gasteiger partial charge in [-0.1, -0.05) is 11.2 Å². The van der Waals surface area contributed by atoms with E-state index in [1.165, 1.54) is 0 Å². The summed E-state index contributed by atoms with van der Waals surface area (Å²) < 4.78 is 5.16. The number of rotatable bonds is 2. The number of hydrogen-bond donors (Lipinski definition) is 1. The second kappa shape index (κ2) is 4.38. The second-order valence-electron chi connectivity index (χ2n) is 4.00. The van der Waals surface area contributed by atoms with Crippen LogP contribution in [-0.2, 0) is 0 Å². The van der Waals surface area contributed by atoms with Gasteiger partial charge in [0.1, 0.15) is 17.5 Å². The van der Waals surface area contributed by atoms with Crippen LogP contribution in [0.25, 0.3) is 23.1 Å². The highest BCUT2D eigenvalue weighted by Crippen LogP contribution is 2.20. The summed E-state index contributed by atoms with van der Waals surface area (Å²) in [6, 6.07) is 9.28. The summed E-state index contributed by atoms with van der Waals surface area (Å²) in [6.45, 7) is 1.90. The van der Waals surface area contributed by atoms with Crippen LogP contribution in [0.1, 0.15) is 11.3 Å². The van der Waals surface area contributed by atoms with Crippen molar-refractivity contribution < 1.29 is 4.52 Å². The fourth-order valence-corrected chi connectivity index (χ4v) is 1.69. The summed E-state index contributed by atoms with van der Waals surface area (Å²) in [4.78, 5) is 11.5. The van der Waals surface area contributed by atoms with Gasteiger partial charge in [-0.2, -0.15) is 10.2 Å². The minimum absolute atomic E-state index is 0.333. The summed E-state index contributed by atoms with van der Waals surface area (Å²) in [5, 5.41) is 12.7. The van der Waals surface area contributed by atoms with E-state index in [2.05, 4.69) is 20.1 Å². The number of H-pyrrole nitrogens is 1. The van der Waals surface area contributed by atoms with Crippen LogP contribution < -0.4 is 0 Å². The Hall–Kier alpha value is -2.94. The normalized spacial score (nSPS) is 10.3. The Kier molecular flexibility index (Phi) is 2.58. The summed E-state index contributed by atoms with van der Waals surface area (Å²) in [7, 11) is 0. The van der Waals surface area contributed by atoms with E-state index in [-0.39, 0.29) is 0 Å². The summed E-state index contributed by atoms with van der Waals surface area (Å²) in [5.74, 6) is 0.756. The van der Waals surface area contributed by atoms with Gasteiger partial charge in [-0.3, -0.25) is 0 Å². The molecule has 3 heterocycles. The maximum atomic E-state index is 8.76. The lowest BCUT2D eigenvalue weighted by molar-refractivity contribution is 0.431. The molecule has 1 N–H and O–H groups in total. The molecule has 19 heavy (non-hydrogen) atoms. The minimum Gasteiger partial charge on any atom is -0.356 e. The van der Waals surface area contributed by atoms with Crippen LogP contribution in [0.2, 0.25) is 0 Å². The molecule has 0 unspecified atom stereocenters. The third kappa shape index (κ3) is 2.09. The van der Waals surface area contributed by atoms with Crippen molar-refractivity contribution >= 4 is 0 Å². The van der Waals surface area contributed by atoms with Crippen LogP contribution in [0.5, 0.6) is 0 Å². The molecular formula is C13H9N5O. The van der Waals surface area contributed by atoms with Gasteiger partial charge in [-0.15, -0.1) is 0 Å². The maximum absolute atomic E-state index is 8.76. The van der Waals surface area contributed by atoms with Crippen LogP contribution >= 0.6 is 0 Å². The maximum Gasteiger partial charge on any atom is 0.274 e. The predicted octanol–water partition coefficient (Wildman–Crippen LogP) is 2.31. The Labute approximate surface area is 108 Å². The van der Waals surface area contributed by atoms with E-state index in [4.69, 9.17) is 9.78 Å². The predicted molar refractivity (Wildman–Crippen MR) is 66.8 cm³/mol. The number of aryl methyl sites for hydroxylation is 1. The van der Waals surface area contributed by atoms with E-state index in [9.17, 15) is 0 Å². The first-order chi connectivity index (χ1) is 9.26. The van der Waals surface area contributed by atoms with Crippen LogP contribution in [0.4, 0.5) is 0 Å². The molecule has 3 rings (SSSR count). The van der Waals surface area contributed by atoms with Crippen molar-refractivity contribution in [2.75, 3.05) is 0 Å². The van der Waals surface area contributed by atoms with E-state index in [1.807, 2.05) is 31.2 Å². The molecule has 0 aliphatic rings. The molecule has 0 radical (unpaired) electrons. The monoisotopic (exact) mass is 251 g/mol. The smallest absolute Gasteiger partial charge is 0.274 e. The minimum atomic E-state index is 0.333. The molecule has 0 saturated carbocycles. The first-order valence-electron chi connectivity index (χ1n) is 5.63. The number of nitriles is 1. The van der Waals surface area contributed by atoms with Gasteiger partial charge in [-0.25, -0.2) is 4.98 Å². The fraction of sp³-hybridized carbons (Fsp3) is 0.0769.